The van der Waals surface area contributed by atoms with Gasteiger partial charge in [-0.1, -0.05) is 24.3 Å². The molecule has 1 amide bonds. The lowest BCUT2D eigenvalue weighted by Gasteiger charge is -2.29. The number of carbonyl (C=O) groups excluding carboxylic acids is 1. The molecule has 3 aromatic rings. The molecular formula is C27H27BF3N3O2. The Balaban J connectivity index is 1.49. The van der Waals surface area contributed by atoms with Gasteiger partial charge in [0, 0.05) is 36.2 Å². The largest absolute Gasteiger partial charge is 0.378 e. The third kappa shape index (κ3) is 4.45. The molecule has 2 aromatic carbocycles. The van der Waals surface area contributed by atoms with Crippen molar-refractivity contribution in [2.75, 3.05) is 25.5 Å². The molecule has 2 fully saturated rings. The van der Waals surface area contributed by atoms with E-state index in [0.29, 0.717) is 30.7 Å². The highest BCUT2D eigenvalue weighted by Crippen LogP contribution is 2.40. The maximum absolute atomic E-state index is 14.8. The first kappa shape index (κ1) is 24.6. The van der Waals surface area contributed by atoms with Crippen molar-refractivity contribution in [3.63, 3.8) is 0 Å². The summed E-state index contributed by atoms with van der Waals surface area (Å²) in [6.45, 7) is 2.80. The van der Waals surface area contributed by atoms with Gasteiger partial charge < -0.3 is 15.0 Å². The van der Waals surface area contributed by atoms with E-state index in [4.69, 9.17) is 12.6 Å². The van der Waals surface area contributed by atoms with Crippen LogP contribution in [0.15, 0.2) is 42.5 Å². The number of aromatic nitrogens is 1. The fourth-order valence-corrected chi connectivity index (χ4v) is 5.11. The van der Waals surface area contributed by atoms with Gasteiger partial charge in [-0.05, 0) is 55.5 Å². The van der Waals surface area contributed by atoms with Gasteiger partial charge in [0.25, 0.3) is 6.43 Å². The zero-order valence-electron chi connectivity index (χ0n) is 20.2. The molecule has 5 nitrogen and oxygen atoms in total. The monoisotopic (exact) mass is 493 g/mol. The highest BCUT2D eigenvalue weighted by atomic mass is 19.3. The molecule has 1 saturated carbocycles. The lowest BCUT2D eigenvalue weighted by molar-refractivity contribution is -0.132. The van der Waals surface area contributed by atoms with Gasteiger partial charge >= 0.3 is 0 Å². The minimum Gasteiger partial charge on any atom is -0.378 e. The molecule has 186 valence electrons. The highest BCUT2D eigenvalue weighted by Gasteiger charge is 2.45. The zero-order chi connectivity index (χ0) is 25.6. The molecule has 5 rings (SSSR count). The number of ether oxygens (including phenoxy) is 1. The van der Waals surface area contributed by atoms with E-state index >= 15 is 0 Å². The van der Waals surface area contributed by atoms with E-state index in [1.807, 2.05) is 23.1 Å². The smallest absolute Gasteiger partial charge is 0.266 e. The minimum atomic E-state index is -2.90. The molecule has 1 aromatic heterocycles. The summed E-state index contributed by atoms with van der Waals surface area (Å²) in [5.74, 6) is -0.597. The Bertz CT molecular complexity index is 1320. The Hall–Kier alpha value is -3.07. The number of fused-ring (bicyclic) bond motifs is 1. The fraction of sp³-hybridized carbons (Fsp3) is 0.407. The van der Waals surface area contributed by atoms with E-state index in [2.05, 4.69) is 10.3 Å². The van der Waals surface area contributed by atoms with Crippen molar-refractivity contribution in [1.29, 1.82) is 0 Å². The number of alkyl halides is 2. The second-order valence-corrected chi connectivity index (χ2v) is 9.73. The first-order valence-corrected chi connectivity index (χ1v) is 12.1. The van der Waals surface area contributed by atoms with E-state index < -0.39 is 29.4 Å². The molecule has 0 spiro atoms. The van der Waals surface area contributed by atoms with Crippen LogP contribution in [0.1, 0.15) is 55.3 Å². The maximum atomic E-state index is 14.8. The Labute approximate surface area is 209 Å². The number of benzene rings is 2. The third-order valence-electron chi connectivity index (χ3n) is 7.35. The standard InChI is InChI=1S/C27H27BF3N3O2/c1-15(18-4-3-5-19(24(18)29)25(30)31)32-22-13-23(28)33-21-9-8-17(12-20(21)22)27(36-2)10-11-34(14-27)26(35)16-6-7-16/h3-5,8-9,12-13,15-16,25H,6-7,10-11,14H2,1-2H3,(H,32,33)/t15-,27+/m1/s1. The average Bonchev–Trinajstić information content (AvgIpc) is 3.61. The molecular weight excluding hydrogens is 466 g/mol. The summed E-state index contributed by atoms with van der Waals surface area (Å²) in [6.07, 6.45) is -0.334. The zero-order valence-corrected chi connectivity index (χ0v) is 20.2. The van der Waals surface area contributed by atoms with Gasteiger partial charge in [-0.3, -0.25) is 9.78 Å². The molecule has 1 saturated heterocycles. The molecule has 2 heterocycles. The first-order valence-electron chi connectivity index (χ1n) is 12.1. The number of hydrogen-bond acceptors (Lipinski definition) is 4. The van der Waals surface area contributed by atoms with Crippen molar-refractivity contribution in [2.45, 2.75) is 44.3 Å². The molecule has 2 atom stereocenters. The number of hydrogen-bond donors (Lipinski definition) is 1. The van der Waals surface area contributed by atoms with E-state index in [9.17, 15) is 18.0 Å². The molecule has 1 N–H and O–H groups in total. The average molecular weight is 493 g/mol. The number of methoxy groups -OCH3 is 1. The van der Waals surface area contributed by atoms with Crippen LogP contribution in [-0.2, 0) is 15.1 Å². The molecule has 1 aliphatic heterocycles. The summed E-state index contributed by atoms with van der Waals surface area (Å²) in [5, 5.41) is 3.98. The molecule has 0 bridgehead atoms. The van der Waals surface area contributed by atoms with Crippen LogP contribution in [0.25, 0.3) is 10.9 Å². The maximum Gasteiger partial charge on any atom is 0.266 e. The Morgan fingerprint density at radius 1 is 1.22 bits per heavy atom. The number of carbonyl (C=O) groups is 1. The van der Waals surface area contributed by atoms with Gasteiger partial charge in [-0.2, -0.15) is 0 Å². The van der Waals surface area contributed by atoms with E-state index in [-0.39, 0.29) is 23.0 Å². The first-order chi connectivity index (χ1) is 17.2. The van der Waals surface area contributed by atoms with Crippen LogP contribution < -0.4 is 10.9 Å². The lowest BCUT2D eigenvalue weighted by Crippen LogP contribution is -2.36. The number of amides is 1. The molecule has 2 aliphatic rings. The Kier molecular flexibility index (Phi) is 6.45. The topological polar surface area (TPSA) is 54.5 Å². The van der Waals surface area contributed by atoms with Gasteiger partial charge in [-0.15, -0.1) is 0 Å². The van der Waals surface area contributed by atoms with Crippen LogP contribution in [0.5, 0.6) is 0 Å². The molecule has 2 radical (unpaired) electrons. The lowest BCUT2D eigenvalue weighted by atomic mass is 9.90. The SMILES string of the molecule is [B]c1cc(N[C@H](C)c2cccc(C(F)F)c2F)c2cc([C@]3(OC)CCN(C(=O)C4CC4)C3)ccc2n1. The van der Waals surface area contributed by atoms with Crippen LogP contribution in [0.3, 0.4) is 0 Å². The second-order valence-electron chi connectivity index (χ2n) is 9.73. The summed E-state index contributed by atoms with van der Waals surface area (Å²) >= 11 is 0. The number of halogens is 3. The van der Waals surface area contributed by atoms with E-state index in [1.54, 1.807) is 20.1 Å². The normalized spacial score (nSPS) is 20.8. The summed E-state index contributed by atoms with van der Waals surface area (Å²) in [5.41, 5.74) is 1.25. The quantitative estimate of drug-likeness (QED) is 0.483. The van der Waals surface area contributed by atoms with Crippen molar-refractivity contribution in [3.8, 4) is 0 Å². The molecule has 9 heteroatoms. The van der Waals surface area contributed by atoms with Crippen LogP contribution in [0, 0.1) is 11.7 Å². The molecule has 36 heavy (non-hydrogen) atoms. The second kappa shape index (κ2) is 9.43. The van der Waals surface area contributed by atoms with Gasteiger partial charge in [-0.25, -0.2) is 13.2 Å². The van der Waals surface area contributed by atoms with Gasteiger partial charge in [0.2, 0.25) is 5.91 Å². The molecule has 1 aliphatic carbocycles. The number of pyridine rings is 1. The van der Waals surface area contributed by atoms with Gasteiger partial charge in [0.05, 0.1) is 23.7 Å². The third-order valence-corrected chi connectivity index (χ3v) is 7.35. The van der Waals surface area contributed by atoms with Gasteiger partial charge in [0.1, 0.15) is 19.3 Å². The predicted molar refractivity (Wildman–Crippen MR) is 133 cm³/mol. The van der Waals surface area contributed by atoms with Crippen LogP contribution in [0.4, 0.5) is 18.9 Å². The molecule has 0 unspecified atom stereocenters. The van der Waals surface area contributed by atoms with Crippen molar-refractivity contribution in [3.05, 3.63) is 65.0 Å². The summed E-state index contributed by atoms with van der Waals surface area (Å²) in [6, 6.07) is 10.8. The van der Waals surface area contributed by atoms with Crippen molar-refractivity contribution >= 4 is 35.9 Å². The Morgan fingerprint density at radius 2 is 1.97 bits per heavy atom. The summed E-state index contributed by atoms with van der Waals surface area (Å²) < 4.78 is 47.2. The van der Waals surface area contributed by atoms with Gasteiger partial charge in [0.15, 0.2) is 0 Å². The number of likely N-dealkylation sites (tertiary alicyclic amines) is 1. The van der Waals surface area contributed by atoms with Crippen molar-refractivity contribution in [1.82, 2.24) is 9.88 Å². The minimum absolute atomic E-state index is 0.130. The number of rotatable bonds is 7. The summed E-state index contributed by atoms with van der Waals surface area (Å²) in [4.78, 5) is 19.0. The van der Waals surface area contributed by atoms with Crippen molar-refractivity contribution in [2.24, 2.45) is 5.92 Å². The highest BCUT2D eigenvalue weighted by molar-refractivity contribution is 6.31. The summed E-state index contributed by atoms with van der Waals surface area (Å²) in [7, 11) is 7.69. The Morgan fingerprint density at radius 3 is 2.67 bits per heavy atom. The van der Waals surface area contributed by atoms with Crippen LogP contribution in [0.2, 0.25) is 0 Å². The van der Waals surface area contributed by atoms with Crippen molar-refractivity contribution < 1.29 is 22.7 Å². The van der Waals surface area contributed by atoms with Crippen LogP contribution >= 0.6 is 0 Å². The van der Waals surface area contributed by atoms with Crippen LogP contribution in [-0.4, -0.2) is 43.8 Å². The predicted octanol–water partition coefficient (Wildman–Crippen LogP) is 4.76. The fourth-order valence-electron chi connectivity index (χ4n) is 5.11. The number of nitrogens with one attached hydrogen (secondary N) is 1. The number of nitrogens with zero attached hydrogens (tertiary/aromatic N) is 2. The van der Waals surface area contributed by atoms with E-state index in [0.717, 1.165) is 29.9 Å². The van der Waals surface area contributed by atoms with E-state index in [1.165, 1.54) is 12.1 Å². The number of anilines is 1.